The maximum absolute atomic E-state index is 11.7. The Labute approximate surface area is 72.9 Å². The molecule has 0 aromatic rings. The van der Waals surface area contributed by atoms with Crippen molar-refractivity contribution in [2.45, 2.75) is 12.0 Å². The van der Waals surface area contributed by atoms with Gasteiger partial charge in [0.25, 0.3) is 5.91 Å². The maximum Gasteiger partial charge on any atom is 0.255 e. The molecular formula is C8H16N2O2. The molecule has 0 unspecified atom stereocenters. The van der Waals surface area contributed by atoms with Crippen LogP contribution in [0.2, 0.25) is 0 Å². The van der Waals surface area contributed by atoms with E-state index in [0.717, 1.165) is 13.0 Å². The second-order valence-electron chi connectivity index (χ2n) is 3.32. The van der Waals surface area contributed by atoms with Crippen molar-refractivity contribution in [3.05, 3.63) is 0 Å². The smallest absolute Gasteiger partial charge is 0.255 e. The van der Waals surface area contributed by atoms with Crippen LogP contribution in [0.5, 0.6) is 0 Å². The van der Waals surface area contributed by atoms with Crippen LogP contribution < -0.4 is 5.32 Å². The van der Waals surface area contributed by atoms with Crippen LogP contribution in [0.1, 0.15) is 6.42 Å². The summed E-state index contributed by atoms with van der Waals surface area (Å²) in [7, 11) is 5.09. The van der Waals surface area contributed by atoms with Gasteiger partial charge in [0.2, 0.25) is 0 Å². The number of nitrogens with zero attached hydrogens (tertiary/aromatic N) is 1. The number of carbonyl (C=O) groups is 1. The average molecular weight is 172 g/mol. The normalized spacial score (nSPS) is 28.9. The molecule has 4 heteroatoms. The van der Waals surface area contributed by atoms with E-state index in [1.54, 1.807) is 26.1 Å². The second-order valence-corrected chi connectivity index (χ2v) is 3.32. The van der Waals surface area contributed by atoms with E-state index in [9.17, 15) is 4.79 Å². The predicted molar refractivity (Wildman–Crippen MR) is 45.9 cm³/mol. The standard InChI is InChI=1S/C8H16N2O2/c1-10(2)7(11)8(12-3)4-5-9-6-8/h9H,4-6H2,1-3H3/t8-/m0/s1. The van der Waals surface area contributed by atoms with Crippen LogP contribution in [-0.2, 0) is 9.53 Å². The zero-order valence-electron chi connectivity index (χ0n) is 7.89. The number of amides is 1. The minimum atomic E-state index is -0.608. The Kier molecular flexibility index (Phi) is 2.69. The molecule has 12 heavy (non-hydrogen) atoms. The molecule has 1 fully saturated rings. The van der Waals surface area contributed by atoms with Gasteiger partial charge in [0.05, 0.1) is 0 Å². The van der Waals surface area contributed by atoms with Gasteiger partial charge >= 0.3 is 0 Å². The fourth-order valence-electron chi connectivity index (χ4n) is 1.52. The summed E-state index contributed by atoms with van der Waals surface area (Å²) in [5, 5.41) is 3.13. The summed E-state index contributed by atoms with van der Waals surface area (Å²) in [4.78, 5) is 13.2. The van der Waals surface area contributed by atoms with E-state index >= 15 is 0 Å². The third-order valence-corrected chi connectivity index (χ3v) is 2.30. The lowest BCUT2D eigenvalue weighted by Gasteiger charge is -2.28. The van der Waals surface area contributed by atoms with Crippen molar-refractivity contribution in [3.8, 4) is 0 Å². The minimum absolute atomic E-state index is 0.0509. The molecule has 1 saturated heterocycles. The molecule has 0 radical (unpaired) electrons. The van der Waals surface area contributed by atoms with E-state index in [2.05, 4.69) is 5.32 Å². The van der Waals surface area contributed by atoms with Gasteiger partial charge in [-0.15, -0.1) is 0 Å². The summed E-state index contributed by atoms with van der Waals surface area (Å²) < 4.78 is 5.27. The molecule has 0 saturated carbocycles. The van der Waals surface area contributed by atoms with Crippen molar-refractivity contribution in [1.82, 2.24) is 10.2 Å². The highest BCUT2D eigenvalue weighted by molar-refractivity contribution is 5.85. The largest absolute Gasteiger partial charge is 0.367 e. The van der Waals surface area contributed by atoms with E-state index in [1.165, 1.54) is 0 Å². The predicted octanol–water partition coefficient (Wildman–Crippen LogP) is -0.547. The van der Waals surface area contributed by atoms with Crippen molar-refractivity contribution in [1.29, 1.82) is 0 Å². The number of methoxy groups -OCH3 is 1. The van der Waals surface area contributed by atoms with Crippen molar-refractivity contribution in [2.75, 3.05) is 34.3 Å². The molecular weight excluding hydrogens is 156 g/mol. The first-order valence-corrected chi connectivity index (χ1v) is 4.10. The van der Waals surface area contributed by atoms with Gasteiger partial charge in [0.1, 0.15) is 0 Å². The fraction of sp³-hybridized carbons (Fsp3) is 0.875. The lowest BCUT2D eigenvalue weighted by atomic mass is 10.0. The molecule has 0 aliphatic carbocycles. The van der Waals surface area contributed by atoms with Crippen molar-refractivity contribution < 1.29 is 9.53 Å². The molecule has 1 aliphatic rings. The zero-order valence-corrected chi connectivity index (χ0v) is 7.89. The molecule has 1 atom stereocenters. The number of ether oxygens (including phenoxy) is 1. The molecule has 0 bridgehead atoms. The van der Waals surface area contributed by atoms with Gasteiger partial charge in [0.15, 0.2) is 5.60 Å². The molecule has 0 aromatic carbocycles. The Morgan fingerprint density at radius 3 is 2.58 bits per heavy atom. The first-order valence-electron chi connectivity index (χ1n) is 4.10. The molecule has 1 rings (SSSR count). The molecule has 70 valence electrons. The third-order valence-electron chi connectivity index (χ3n) is 2.30. The van der Waals surface area contributed by atoms with Crippen molar-refractivity contribution in [3.63, 3.8) is 0 Å². The molecule has 1 N–H and O–H groups in total. The highest BCUT2D eigenvalue weighted by atomic mass is 16.5. The van der Waals surface area contributed by atoms with Gasteiger partial charge in [0, 0.05) is 27.7 Å². The summed E-state index contributed by atoms with van der Waals surface area (Å²) >= 11 is 0. The molecule has 1 heterocycles. The Balaban J connectivity index is 2.72. The lowest BCUT2D eigenvalue weighted by Crippen LogP contribution is -2.49. The second kappa shape index (κ2) is 3.41. The molecule has 1 amide bonds. The number of hydrogen-bond acceptors (Lipinski definition) is 3. The molecule has 0 aromatic heterocycles. The van der Waals surface area contributed by atoms with Crippen LogP contribution in [0.15, 0.2) is 0 Å². The Hall–Kier alpha value is -0.610. The van der Waals surface area contributed by atoms with E-state index in [4.69, 9.17) is 4.74 Å². The first kappa shape index (κ1) is 9.48. The fourth-order valence-corrected chi connectivity index (χ4v) is 1.52. The minimum Gasteiger partial charge on any atom is -0.367 e. The van der Waals surface area contributed by atoms with Crippen molar-refractivity contribution in [2.24, 2.45) is 0 Å². The average Bonchev–Trinajstić information content (AvgIpc) is 2.52. The molecule has 4 nitrogen and oxygen atoms in total. The summed E-state index contributed by atoms with van der Waals surface area (Å²) in [5.74, 6) is 0.0509. The number of hydrogen-bond donors (Lipinski definition) is 1. The number of nitrogens with one attached hydrogen (secondary N) is 1. The van der Waals surface area contributed by atoms with Crippen LogP contribution in [0, 0.1) is 0 Å². The quantitative estimate of drug-likeness (QED) is 0.608. The SMILES string of the molecule is CO[C@@]1(C(=O)N(C)C)CCNC1. The van der Waals surface area contributed by atoms with Gasteiger partial charge in [-0.3, -0.25) is 4.79 Å². The van der Waals surface area contributed by atoms with Crippen LogP contribution in [0.4, 0.5) is 0 Å². The van der Waals surface area contributed by atoms with E-state index in [1.807, 2.05) is 0 Å². The first-order chi connectivity index (χ1) is 5.62. The van der Waals surface area contributed by atoms with Crippen LogP contribution in [0.25, 0.3) is 0 Å². The highest BCUT2D eigenvalue weighted by Gasteiger charge is 2.42. The number of carbonyl (C=O) groups excluding carboxylic acids is 1. The van der Waals surface area contributed by atoms with E-state index in [0.29, 0.717) is 6.54 Å². The molecule has 1 aliphatic heterocycles. The van der Waals surface area contributed by atoms with Crippen LogP contribution in [0.3, 0.4) is 0 Å². The van der Waals surface area contributed by atoms with Crippen LogP contribution in [-0.4, -0.2) is 50.7 Å². The Bertz CT molecular complexity index is 174. The van der Waals surface area contributed by atoms with Crippen LogP contribution >= 0.6 is 0 Å². The maximum atomic E-state index is 11.7. The van der Waals surface area contributed by atoms with Gasteiger partial charge in [-0.05, 0) is 13.0 Å². The zero-order chi connectivity index (χ0) is 9.19. The summed E-state index contributed by atoms with van der Waals surface area (Å²) in [6, 6.07) is 0. The summed E-state index contributed by atoms with van der Waals surface area (Å²) in [6.07, 6.45) is 0.764. The summed E-state index contributed by atoms with van der Waals surface area (Å²) in [5.41, 5.74) is -0.608. The summed E-state index contributed by atoms with van der Waals surface area (Å²) in [6.45, 7) is 1.48. The Morgan fingerprint density at radius 2 is 2.25 bits per heavy atom. The molecule has 0 spiro atoms. The third kappa shape index (κ3) is 1.44. The van der Waals surface area contributed by atoms with E-state index < -0.39 is 5.60 Å². The number of likely N-dealkylation sites (N-methyl/N-ethyl adjacent to an activating group) is 1. The monoisotopic (exact) mass is 172 g/mol. The number of rotatable bonds is 2. The van der Waals surface area contributed by atoms with Crippen molar-refractivity contribution >= 4 is 5.91 Å². The van der Waals surface area contributed by atoms with Gasteiger partial charge in [-0.25, -0.2) is 0 Å². The van der Waals surface area contributed by atoms with Gasteiger partial charge in [-0.1, -0.05) is 0 Å². The topological polar surface area (TPSA) is 41.6 Å². The van der Waals surface area contributed by atoms with Gasteiger partial charge < -0.3 is 15.0 Å². The Morgan fingerprint density at radius 1 is 1.58 bits per heavy atom. The lowest BCUT2D eigenvalue weighted by molar-refractivity contribution is -0.149. The van der Waals surface area contributed by atoms with E-state index in [-0.39, 0.29) is 5.91 Å². The van der Waals surface area contributed by atoms with Gasteiger partial charge in [-0.2, -0.15) is 0 Å². The highest BCUT2D eigenvalue weighted by Crippen LogP contribution is 2.20.